The molecule has 0 heteroatoms. The molecule has 0 radical (unpaired) electrons. The maximum Gasteiger partial charge on any atom is -0.0130 e. The predicted octanol–water partition coefficient (Wildman–Crippen LogP) is 1.23. The monoisotopic (exact) mass is 154 g/mol. The first-order valence-electron chi connectivity index (χ1n) is 5.98. The summed E-state index contributed by atoms with van der Waals surface area (Å²) >= 11 is 0. The molecule has 0 bridgehead atoms. The lowest BCUT2D eigenvalue weighted by atomic mass is 9.59. The molecule has 0 aromatic carbocycles. The number of hydrogen-bond acceptors (Lipinski definition) is 0. The van der Waals surface area contributed by atoms with Gasteiger partial charge in [0.05, 0.1) is 0 Å². The molecule has 0 spiro atoms. The third-order valence-corrected chi connectivity index (χ3v) is 8.54. The highest BCUT2D eigenvalue weighted by Gasteiger charge is 3.20. The van der Waals surface area contributed by atoms with E-state index >= 15 is 0 Å². The molecule has 0 amide bonds. The summed E-state index contributed by atoms with van der Waals surface area (Å²) in [5.41, 5.74) is 2.26. The fourth-order valence-corrected chi connectivity index (χ4v) is 8.86. The summed E-state index contributed by atoms with van der Waals surface area (Å²) in [6.07, 6.45) is 0. The molecule has 12 heavy (non-hydrogen) atoms. The summed E-state index contributed by atoms with van der Waals surface area (Å²) in [6, 6.07) is 0. The summed E-state index contributed by atoms with van der Waals surface area (Å²) in [6.45, 7) is 0. The molecule has 0 heterocycles. The Morgan fingerprint density at radius 1 is 0.417 bits per heavy atom. The fraction of sp³-hybridized carbons (Fsp3) is 1.00. The molecule has 0 aromatic rings. The van der Waals surface area contributed by atoms with Crippen LogP contribution < -0.4 is 0 Å². The Morgan fingerprint density at radius 3 is 1.00 bits per heavy atom. The zero-order chi connectivity index (χ0) is 6.77. The van der Waals surface area contributed by atoms with Crippen LogP contribution in [0.5, 0.6) is 0 Å². The number of rotatable bonds is 1. The van der Waals surface area contributed by atoms with Gasteiger partial charge in [0.25, 0.3) is 0 Å². The van der Waals surface area contributed by atoms with E-state index in [-0.39, 0.29) is 0 Å². The van der Waals surface area contributed by atoms with Crippen LogP contribution in [0.15, 0.2) is 0 Å². The molecule has 58 valence electrons. The zero-order valence-electron chi connectivity index (χ0n) is 6.77. The third kappa shape index (κ3) is 0.112. The van der Waals surface area contributed by atoms with Crippen LogP contribution >= 0.6 is 0 Å². The maximum atomic E-state index is 1.36. The predicted molar refractivity (Wildman–Crippen MR) is 39.8 cm³/mol. The molecule has 10 saturated carbocycles. The van der Waals surface area contributed by atoms with E-state index in [1.165, 1.54) is 59.2 Å². The van der Waals surface area contributed by atoms with Crippen molar-refractivity contribution in [1.29, 1.82) is 0 Å². The average Bonchev–Trinajstić information content (AvgIpc) is 2.58. The molecule has 10 rings (SSSR count). The molecule has 10 aliphatic carbocycles. The van der Waals surface area contributed by atoms with Gasteiger partial charge in [-0.15, -0.1) is 0 Å². The molecule has 0 aromatic heterocycles. The van der Waals surface area contributed by atoms with Gasteiger partial charge in [0, 0.05) is 0 Å². The normalized spacial score (nSPS) is 122. The van der Waals surface area contributed by atoms with E-state index in [4.69, 9.17) is 0 Å². The molecule has 8 atom stereocenters. The van der Waals surface area contributed by atoms with E-state index in [0.717, 1.165) is 10.8 Å². The Labute approximate surface area is 70.7 Å². The zero-order valence-corrected chi connectivity index (χ0v) is 6.77. The Bertz CT molecular complexity index is 348. The third-order valence-electron chi connectivity index (χ3n) is 8.54. The van der Waals surface area contributed by atoms with E-state index in [0.29, 0.717) is 0 Å². The van der Waals surface area contributed by atoms with Crippen LogP contribution in [0, 0.1) is 70.0 Å². The van der Waals surface area contributed by atoms with Gasteiger partial charge < -0.3 is 0 Å². The Kier molecular flexibility index (Phi) is 0.209. The SMILES string of the molecule is C12C3C1C1(C45C6C7C6C4C75)C2C31. The van der Waals surface area contributed by atoms with Crippen molar-refractivity contribution in [3.8, 4) is 0 Å². The van der Waals surface area contributed by atoms with E-state index in [9.17, 15) is 0 Å². The lowest BCUT2D eigenvalue weighted by Gasteiger charge is -2.44. The van der Waals surface area contributed by atoms with Crippen LogP contribution in [0.4, 0.5) is 0 Å². The van der Waals surface area contributed by atoms with E-state index in [2.05, 4.69) is 0 Å². The quantitative estimate of drug-likeness (QED) is 0.533. The van der Waals surface area contributed by atoms with Gasteiger partial charge in [-0.25, -0.2) is 0 Å². The van der Waals surface area contributed by atoms with E-state index in [1.807, 2.05) is 0 Å². The van der Waals surface area contributed by atoms with Crippen molar-refractivity contribution in [2.45, 2.75) is 0 Å². The molecule has 8 unspecified atom stereocenters. The summed E-state index contributed by atoms with van der Waals surface area (Å²) in [7, 11) is 0. The van der Waals surface area contributed by atoms with Crippen LogP contribution in [0.1, 0.15) is 0 Å². The molecule has 0 nitrogen and oxygen atoms in total. The molecular formula is C12H10. The van der Waals surface area contributed by atoms with Gasteiger partial charge in [0.15, 0.2) is 0 Å². The minimum atomic E-state index is 1.13. The van der Waals surface area contributed by atoms with E-state index < -0.39 is 0 Å². The molecule has 0 N–H and O–H groups in total. The van der Waals surface area contributed by atoms with Crippen molar-refractivity contribution in [3.63, 3.8) is 0 Å². The lowest BCUT2D eigenvalue weighted by Crippen LogP contribution is -2.42. The maximum absolute atomic E-state index is 1.36. The summed E-state index contributed by atoms with van der Waals surface area (Å²) < 4.78 is 0. The highest BCUT2D eigenvalue weighted by molar-refractivity contribution is 5.66. The van der Waals surface area contributed by atoms with Crippen molar-refractivity contribution in [3.05, 3.63) is 0 Å². The van der Waals surface area contributed by atoms with Crippen LogP contribution in [0.25, 0.3) is 0 Å². The topological polar surface area (TPSA) is 0 Å². The summed E-state index contributed by atoms with van der Waals surface area (Å²) in [5.74, 6) is 13.6. The molecular weight excluding hydrogens is 144 g/mol. The standard InChI is InChI=1S/C12H10/c1-2-5(1)11(7(1)8(2)11)12-6-3-4(6)10(12)9(3)12/h1-10H. The number of hydrogen-bond donors (Lipinski definition) is 0. The van der Waals surface area contributed by atoms with Gasteiger partial charge in [0.1, 0.15) is 0 Å². The minimum absolute atomic E-state index is 1.13. The van der Waals surface area contributed by atoms with Gasteiger partial charge in [-0.3, -0.25) is 0 Å². The van der Waals surface area contributed by atoms with Gasteiger partial charge in [-0.05, 0) is 70.0 Å². The smallest absolute Gasteiger partial charge is 0.0130 e. The van der Waals surface area contributed by atoms with Crippen molar-refractivity contribution < 1.29 is 0 Å². The van der Waals surface area contributed by atoms with Crippen LogP contribution in [-0.4, -0.2) is 0 Å². The van der Waals surface area contributed by atoms with Crippen LogP contribution in [0.2, 0.25) is 0 Å². The molecule has 10 fully saturated rings. The van der Waals surface area contributed by atoms with Gasteiger partial charge in [-0.2, -0.15) is 0 Å². The fourth-order valence-electron chi connectivity index (χ4n) is 8.86. The second-order valence-electron chi connectivity index (χ2n) is 7.33. The Hall–Kier alpha value is 0. The van der Waals surface area contributed by atoms with E-state index in [1.54, 1.807) is 0 Å². The second-order valence-corrected chi connectivity index (χ2v) is 7.33. The highest BCUT2D eigenvalue weighted by Crippen LogP contribution is 3.23. The van der Waals surface area contributed by atoms with Gasteiger partial charge in [-0.1, -0.05) is 0 Å². The van der Waals surface area contributed by atoms with Crippen molar-refractivity contribution >= 4 is 0 Å². The first-order valence-corrected chi connectivity index (χ1v) is 5.98. The Balaban J connectivity index is 1.54. The lowest BCUT2D eigenvalue weighted by molar-refractivity contribution is 0.00882. The first kappa shape index (κ1) is 4.02. The first-order chi connectivity index (χ1) is 5.98. The largest absolute Gasteiger partial charge is 0.0306 e. The average molecular weight is 154 g/mol. The van der Waals surface area contributed by atoms with Crippen molar-refractivity contribution in [2.24, 2.45) is 70.0 Å². The van der Waals surface area contributed by atoms with Crippen molar-refractivity contribution in [1.82, 2.24) is 0 Å². The highest BCUT2D eigenvalue weighted by atomic mass is 15.2. The van der Waals surface area contributed by atoms with Gasteiger partial charge >= 0.3 is 0 Å². The minimum Gasteiger partial charge on any atom is -0.0306 e. The molecule has 10 aliphatic rings. The van der Waals surface area contributed by atoms with Crippen molar-refractivity contribution in [2.75, 3.05) is 0 Å². The second kappa shape index (κ2) is 0.624. The Morgan fingerprint density at radius 2 is 0.750 bits per heavy atom. The molecule has 0 aliphatic heterocycles. The summed E-state index contributed by atoms with van der Waals surface area (Å²) in [5, 5.41) is 0. The van der Waals surface area contributed by atoms with Crippen LogP contribution in [-0.2, 0) is 0 Å². The summed E-state index contributed by atoms with van der Waals surface area (Å²) in [4.78, 5) is 0. The molecule has 0 saturated heterocycles. The van der Waals surface area contributed by atoms with Gasteiger partial charge in [0.2, 0.25) is 0 Å². The van der Waals surface area contributed by atoms with Crippen LogP contribution in [0.3, 0.4) is 0 Å².